The van der Waals surface area contributed by atoms with Crippen LogP contribution in [0, 0.1) is 5.82 Å². The summed E-state index contributed by atoms with van der Waals surface area (Å²) in [7, 11) is 0. The van der Waals surface area contributed by atoms with Crippen molar-refractivity contribution >= 4 is 16.5 Å². The van der Waals surface area contributed by atoms with E-state index in [4.69, 9.17) is 4.74 Å². The second kappa shape index (κ2) is 6.10. The van der Waals surface area contributed by atoms with Crippen LogP contribution in [-0.4, -0.2) is 11.6 Å². The number of anilines is 1. The number of rotatable bonds is 3. The van der Waals surface area contributed by atoms with Crippen LogP contribution in [0.1, 0.15) is 17.4 Å². The van der Waals surface area contributed by atoms with Gasteiger partial charge in [0.05, 0.1) is 11.5 Å². The van der Waals surface area contributed by atoms with Crippen molar-refractivity contribution in [3.05, 3.63) is 71.7 Å². The van der Waals surface area contributed by atoms with Crippen LogP contribution >= 0.6 is 11.3 Å². The Kier molecular flexibility index (Phi) is 3.81. The van der Waals surface area contributed by atoms with Gasteiger partial charge in [0.25, 0.3) is 0 Å². The molecule has 2 aromatic carbocycles. The van der Waals surface area contributed by atoms with Crippen LogP contribution in [-0.2, 0) is 11.2 Å². The highest BCUT2D eigenvalue weighted by atomic mass is 32.1. The third kappa shape index (κ3) is 2.98. The lowest BCUT2D eigenvalue weighted by Crippen LogP contribution is -2.22. The Morgan fingerprint density at radius 1 is 1.13 bits per heavy atom. The van der Waals surface area contributed by atoms with Gasteiger partial charge in [-0.3, -0.25) is 0 Å². The zero-order chi connectivity index (χ0) is 15.6. The number of fused-ring (bicyclic) bond motifs is 1. The Balaban J connectivity index is 1.56. The molecule has 0 spiro atoms. The Labute approximate surface area is 137 Å². The first kappa shape index (κ1) is 14.4. The third-order valence-electron chi connectivity index (χ3n) is 3.88. The van der Waals surface area contributed by atoms with Crippen molar-refractivity contribution in [2.75, 3.05) is 11.9 Å². The van der Waals surface area contributed by atoms with Gasteiger partial charge in [0.2, 0.25) is 0 Å². The lowest BCUT2D eigenvalue weighted by Gasteiger charge is -2.26. The number of thiazole rings is 1. The minimum absolute atomic E-state index is 0.174. The van der Waals surface area contributed by atoms with Gasteiger partial charge in [0.15, 0.2) is 11.4 Å². The highest BCUT2D eigenvalue weighted by Gasteiger charge is 2.21. The predicted molar refractivity (Wildman–Crippen MR) is 90.0 cm³/mol. The molecule has 1 N–H and O–H groups in total. The highest BCUT2D eigenvalue weighted by molar-refractivity contribution is 7.18. The summed E-state index contributed by atoms with van der Waals surface area (Å²) in [6.45, 7) is 0.699. The molecular weight excluding hydrogens is 311 g/mol. The molecule has 1 atom stereocenters. The normalized spacial score (nSPS) is 16.8. The first-order chi connectivity index (χ1) is 11.3. The summed E-state index contributed by atoms with van der Waals surface area (Å²) < 4.78 is 18.9. The van der Waals surface area contributed by atoms with Crippen LogP contribution in [0.25, 0.3) is 10.4 Å². The van der Waals surface area contributed by atoms with E-state index in [1.807, 2.05) is 6.07 Å². The zero-order valence-electron chi connectivity index (χ0n) is 12.3. The van der Waals surface area contributed by atoms with Gasteiger partial charge in [-0.1, -0.05) is 47.7 Å². The molecule has 0 saturated carbocycles. The van der Waals surface area contributed by atoms with Crippen molar-refractivity contribution in [2.45, 2.75) is 12.6 Å². The average Bonchev–Trinajstić information content (AvgIpc) is 3.04. The average molecular weight is 326 g/mol. The van der Waals surface area contributed by atoms with Gasteiger partial charge in [-0.25, -0.2) is 9.37 Å². The van der Waals surface area contributed by atoms with Gasteiger partial charge in [0.1, 0.15) is 5.82 Å². The lowest BCUT2D eigenvalue weighted by molar-refractivity contribution is 0.0617. The molecule has 23 heavy (non-hydrogen) atoms. The topological polar surface area (TPSA) is 34.2 Å². The number of aromatic nitrogens is 1. The maximum Gasteiger partial charge on any atom is 0.185 e. The van der Waals surface area contributed by atoms with E-state index in [2.05, 4.69) is 28.5 Å². The zero-order valence-corrected chi connectivity index (χ0v) is 13.1. The van der Waals surface area contributed by atoms with Crippen LogP contribution in [0.5, 0.6) is 0 Å². The highest BCUT2D eigenvalue weighted by Crippen LogP contribution is 2.33. The van der Waals surface area contributed by atoms with Crippen molar-refractivity contribution in [1.82, 2.24) is 4.98 Å². The maximum absolute atomic E-state index is 13.0. The SMILES string of the molecule is Fc1ccc(-c2cnc(NC3OCCc4ccccc43)s2)cc1. The van der Waals surface area contributed by atoms with Crippen molar-refractivity contribution in [2.24, 2.45) is 0 Å². The van der Waals surface area contributed by atoms with Gasteiger partial charge in [-0.2, -0.15) is 0 Å². The molecule has 0 saturated heterocycles. The molecule has 0 aliphatic carbocycles. The Bertz CT molecular complexity index is 816. The van der Waals surface area contributed by atoms with Gasteiger partial charge in [-0.05, 0) is 29.7 Å². The fourth-order valence-electron chi connectivity index (χ4n) is 2.71. The summed E-state index contributed by atoms with van der Waals surface area (Å²) in [6.07, 6.45) is 2.56. The monoisotopic (exact) mass is 326 g/mol. The summed E-state index contributed by atoms with van der Waals surface area (Å²) >= 11 is 1.54. The van der Waals surface area contributed by atoms with E-state index in [-0.39, 0.29) is 12.0 Å². The first-order valence-electron chi connectivity index (χ1n) is 7.47. The van der Waals surface area contributed by atoms with Gasteiger partial charge in [-0.15, -0.1) is 0 Å². The number of nitrogens with one attached hydrogen (secondary N) is 1. The molecule has 3 aromatic rings. The fraction of sp³-hybridized carbons (Fsp3) is 0.167. The summed E-state index contributed by atoms with van der Waals surface area (Å²) in [5, 5.41) is 4.15. The van der Waals surface area contributed by atoms with Crippen LogP contribution in [0.4, 0.5) is 9.52 Å². The number of halogens is 1. The van der Waals surface area contributed by atoms with Crippen molar-refractivity contribution in [3.8, 4) is 10.4 Å². The Morgan fingerprint density at radius 2 is 1.96 bits per heavy atom. The lowest BCUT2D eigenvalue weighted by atomic mass is 10.0. The largest absolute Gasteiger partial charge is 0.354 e. The number of benzene rings is 2. The molecule has 1 aromatic heterocycles. The quantitative estimate of drug-likeness (QED) is 0.762. The smallest absolute Gasteiger partial charge is 0.185 e. The third-order valence-corrected chi connectivity index (χ3v) is 4.86. The Morgan fingerprint density at radius 3 is 2.83 bits per heavy atom. The molecule has 0 amide bonds. The standard InChI is InChI=1S/C18H15FN2OS/c19-14-7-5-13(6-8-14)16-11-20-18(23-16)21-17-15-4-2-1-3-12(15)9-10-22-17/h1-8,11,17H,9-10H2,(H,20,21). The summed E-state index contributed by atoms with van der Waals surface area (Å²) in [5.74, 6) is -0.233. The van der Waals surface area contributed by atoms with Crippen LogP contribution < -0.4 is 5.32 Å². The minimum Gasteiger partial charge on any atom is -0.354 e. The number of nitrogens with zero attached hydrogens (tertiary/aromatic N) is 1. The number of hydrogen-bond donors (Lipinski definition) is 1. The van der Waals surface area contributed by atoms with Crippen molar-refractivity contribution < 1.29 is 9.13 Å². The molecule has 5 heteroatoms. The van der Waals surface area contributed by atoms with E-state index in [1.54, 1.807) is 18.3 Å². The van der Waals surface area contributed by atoms with Gasteiger partial charge in [0, 0.05) is 11.8 Å². The van der Waals surface area contributed by atoms with Crippen LogP contribution in [0.15, 0.2) is 54.7 Å². The van der Waals surface area contributed by atoms with E-state index in [9.17, 15) is 4.39 Å². The second-order valence-electron chi connectivity index (χ2n) is 5.38. The van der Waals surface area contributed by atoms with E-state index in [1.165, 1.54) is 29.0 Å². The number of hydrogen-bond acceptors (Lipinski definition) is 4. The molecule has 1 aliphatic heterocycles. The minimum atomic E-state index is -0.233. The first-order valence-corrected chi connectivity index (χ1v) is 8.29. The predicted octanol–water partition coefficient (Wildman–Crippen LogP) is 4.63. The summed E-state index contributed by atoms with van der Waals surface area (Å²) in [4.78, 5) is 5.41. The molecule has 1 aliphatic rings. The van der Waals surface area contributed by atoms with Gasteiger partial charge < -0.3 is 10.1 Å². The molecule has 0 bridgehead atoms. The molecule has 3 nitrogen and oxygen atoms in total. The van der Waals surface area contributed by atoms with E-state index in [0.29, 0.717) is 6.61 Å². The van der Waals surface area contributed by atoms with Crippen molar-refractivity contribution in [3.63, 3.8) is 0 Å². The van der Waals surface area contributed by atoms with E-state index >= 15 is 0 Å². The maximum atomic E-state index is 13.0. The Hall–Kier alpha value is -2.24. The van der Waals surface area contributed by atoms with Crippen LogP contribution in [0.2, 0.25) is 0 Å². The molecule has 0 fully saturated rings. The molecule has 2 heterocycles. The molecule has 1 unspecified atom stereocenters. The molecule has 4 rings (SSSR count). The molecular formula is C18H15FN2OS. The molecule has 116 valence electrons. The molecule has 0 radical (unpaired) electrons. The number of ether oxygens (including phenoxy) is 1. The van der Waals surface area contributed by atoms with E-state index < -0.39 is 0 Å². The van der Waals surface area contributed by atoms with Crippen LogP contribution in [0.3, 0.4) is 0 Å². The summed E-state index contributed by atoms with van der Waals surface area (Å²) in [5.41, 5.74) is 3.44. The van der Waals surface area contributed by atoms with E-state index in [0.717, 1.165) is 27.6 Å². The van der Waals surface area contributed by atoms with Gasteiger partial charge >= 0.3 is 0 Å². The summed E-state index contributed by atoms with van der Waals surface area (Å²) in [6, 6.07) is 14.7. The second-order valence-corrected chi connectivity index (χ2v) is 6.41. The van der Waals surface area contributed by atoms with Crippen molar-refractivity contribution in [1.29, 1.82) is 0 Å². The fourth-order valence-corrected chi connectivity index (χ4v) is 3.55.